The number of hydrogen-bond donors (Lipinski definition) is 3. The van der Waals surface area contributed by atoms with Crippen molar-refractivity contribution in [3.8, 4) is 0 Å². The van der Waals surface area contributed by atoms with Crippen molar-refractivity contribution >= 4 is 23.2 Å². The number of hydrazine groups is 1. The molecule has 104 valence electrons. The van der Waals surface area contributed by atoms with Crippen LogP contribution < -0.4 is 15.8 Å². The number of thiazole rings is 1. The molecule has 0 unspecified atom stereocenters. The maximum atomic E-state index is 11.6. The van der Waals surface area contributed by atoms with E-state index in [1.54, 1.807) is 0 Å². The zero-order valence-electron chi connectivity index (χ0n) is 11.0. The molecule has 19 heavy (non-hydrogen) atoms. The van der Waals surface area contributed by atoms with Crippen LogP contribution in [0.2, 0.25) is 0 Å². The molecule has 1 aromatic rings. The second-order valence-corrected chi connectivity index (χ2v) is 5.73. The minimum absolute atomic E-state index is 0.138. The predicted octanol–water partition coefficient (Wildman–Crippen LogP) is -1.18. The van der Waals surface area contributed by atoms with E-state index in [-0.39, 0.29) is 18.2 Å². The van der Waals surface area contributed by atoms with Crippen molar-refractivity contribution in [3.63, 3.8) is 0 Å². The summed E-state index contributed by atoms with van der Waals surface area (Å²) in [5.74, 6) is -0.375. The molecule has 2 rings (SSSR count). The monoisotopic (exact) mass is 283 g/mol. The number of hydrogen-bond acceptors (Lipinski definition) is 4. The first-order chi connectivity index (χ1) is 9.13. The SMILES string of the molecule is Cc1csc(CC(=O)NNC(=O)C[NH+]2CCCC2)n1. The number of aromatic nitrogens is 1. The Balaban J connectivity index is 1.66. The summed E-state index contributed by atoms with van der Waals surface area (Å²) in [6, 6.07) is 0. The van der Waals surface area contributed by atoms with Crippen LogP contribution >= 0.6 is 11.3 Å². The molecule has 0 atom stereocenters. The summed E-state index contributed by atoms with van der Waals surface area (Å²) in [5.41, 5.74) is 5.79. The van der Waals surface area contributed by atoms with Crippen LogP contribution in [0.4, 0.5) is 0 Å². The summed E-state index contributed by atoms with van der Waals surface area (Å²) in [7, 11) is 0. The minimum atomic E-state index is -0.237. The van der Waals surface area contributed by atoms with E-state index in [9.17, 15) is 9.59 Å². The van der Waals surface area contributed by atoms with Gasteiger partial charge in [0, 0.05) is 23.9 Å². The van der Waals surface area contributed by atoms with Gasteiger partial charge in [0.2, 0.25) is 5.91 Å². The van der Waals surface area contributed by atoms with E-state index in [0.717, 1.165) is 23.8 Å². The van der Waals surface area contributed by atoms with E-state index < -0.39 is 0 Å². The van der Waals surface area contributed by atoms with Crippen LogP contribution in [0.15, 0.2) is 5.38 Å². The molecule has 2 heterocycles. The minimum Gasteiger partial charge on any atom is -0.327 e. The number of likely N-dealkylation sites (tertiary alicyclic amines) is 1. The number of rotatable bonds is 4. The van der Waals surface area contributed by atoms with Crippen LogP contribution in [0.5, 0.6) is 0 Å². The average molecular weight is 283 g/mol. The van der Waals surface area contributed by atoms with Crippen molar-refractivity contribution in [2.24, 2.45) is 0 Å². The van der Waals surface area contributed by atoms with Crippen LogP contribution in [0.3, 0.4) is 0 Å². The third-order valence-corrected chi connectivity index (χ3v) is 4.01. The van der Waals surface area contributed by atoms with Crippen LogP contribution in [-0.2, 0) is 16.0 Å². The van der Waals surface area contributed by atoms with Gasteiger partial charge in [-0.05, 0) is 6.92 Å². The number of amides is 2. The Morgan fingerprint density at radius 1 is 1.32 bits per heavy atom. The van der Waals surface area contributed by atoms with Crippen molar-refractivity contribution in [2.75, 3.05) is 19.6 Å². The molecule has 6 nitrogen and oxygen atoms in total. The maximum Gasteiger partial charge on any atom is 0.293 e. The number of carbonyl (C=O) groups excluding carboxylic acids is 2. The highest BCUT2D eigenvalue weighted by Gasteiger charge is 2.19. The van der Waals surface area contributed by atoms with Crippen molar-refractivity contribution < 1.29 is 14.5 Å². The highest BCUT2D eigenvalue weighted by molar-refractivity contribution is 7.09. The number of quaternary nitrogens is 1. The summed E-state index contributed by atoms with van der Waals surface area (Å²) in [6.07, 6.45) is 2.56. The van der Waals surface area contributed by atoms with Crippen LogP contribution in [0.25, 0.3) is 0 Å². The molecule has 0 bridgehead atoms. The molecule has 1 fully saturated rings. The van der Waals surface area contributed by atoms with Gasteiger partial charge in [-0.3, -0.25) is 20.4 Å². The van der Waals surface area contributed by atoms with Crippen molar-refractivity contribution in [1.82, 2.24) is 15.8 Å². The van der Waals surface area contributed by atoms with E-state index in [4.69, 9.17) is 0 Å². The van der Waals surface area contributed by atoms with E-state index in [1.807, 2.05) is 12.3 Å². The van der Waals surface area contributed by atoms with Crippen LogP contribution in [0, 0.1) is 6.92 Å². The Hall–Kier alpha value is -1.47. The van der Waals surface area contributed by atoms with Gasteiger partial charge in [-0.1, -0.05) is 0 Å². The molecule has 1 saturated heterocycles. The predicted molar refractivity (Wildman–Crippen MR) is 71.6 cm³/mol. The molecule has 3 N–H and O–H groups in total. The molecule has 0 spiro atoms. The summed E-state index contributed by atoms with van der Waals surface area (Å²) in [6.45, 7) is 4.40. The Kier molecular flexibility index (Phi) is 4.86. The largest absolute Gasteiger partial charge is 0.327 e. The lowest BCUT2D eigenvalue weighted by Gasteiger charge is -2.12. The average Bonchev–Trinajstić information content (AvgIpc) is 2.99. The first-order valence-electron chi connectivity index (χ1n) is 6.46. The lowest BCUT2D eigenvalue weighted by atomic mass is 10.4. The Labute approximate surface area is 116 Å². The fourth-order valence-electron chi connectivity index (χ4n) is 2.13. The topological polar surface area (TPSA) is 75.5 Å². The lowest BCUT2D eigenvalue weighted by molar-refractivity contribution is -0.879. The fourth-order valence-corrected chi connectivity index (χ4v) is 2.90. The second kappa shape index (κ2) is 6.63. The van der Waals surface area contributed by atoms with E-state index >= 15 is 0 Å². The summed E-state index contributed by atoms with van der Waals surface area (Å²) in [4.78, 5) is 28.7. The molecule has 2 amide bonds. The fraction of sp³-hybridized carbons (Fsp3) is 0.583. The van der Waals surface area contributed by atoms with Gasteiger partial charge in [0.1, 0.15) is 5.01 Å². The van der Waals surface area contributed by atoms with E-state index in [2.05, 4.69) is 15.8 Å². The van der Waals surface area contributed by atoms with Gasteiger partial charge in [-0.25, -0.2) is 4.98 Å². The zero-order chi connectivity index (χ0) is 13.7. The molecule has 1 aliphatic heterocycles. The first-order valence-corrected chi connectivity index (χ1v) is 7.33. The first kappa shape index (κ1) is 14.0. The quantitative estimate of drug-likeness (QED) is 0.609. The van der Waals surface area contributed by atoms with Crippen molar-refractivity contribution in [3.05, 3.63) is 16.1 Å². The van der Waals surface area contributed by atoms with Gasteiger partial charge in [0.15, 0.2) is 6.54 Å². The zero-order valence-corrected chi connectivity index (χ0v) is 11.8. The summed E-state index contributed by atoms with van der Waals surface area (Å²) in [5, 5.41) is 2.66. The van der Waals surface area contributed by atoms with Gasteiger partial charge < -0.3 is 4.90 Å². The molecule has 0 saturated carbocycles. The third-order valence-electron chi connectivity index (χ3n) is 3.04. The number of nitrogens with one attached hydrogen (secondary N) is 3. The summed E-state index contributed by atoms with van der Waals surface area (Å²) >= 11 is 1.45. The Morgan fingerprint density at radius 2 is 2.00 bits per heavy atom. The smallest absolute Gasteiger partial charge is 0.293 e. The Morgan fingerprint density at radius 3 is 2.63 bits per heavy atom. The molecular weight excluding hydrogens is 264 g/mol. The van der Waals surface area contributed by atoms with Gasteiger partial charge in [-0.15, -0.1) is 11.3 Å². The highest BCUT2D eigenvalue weighted by Crippen LogP contribution is 2.08. The molecule has 1 aliphatic rings. The maximum absolute atomic E-state index is 11.6. The van der Waals surface area contributed by atoms with Gasteiger partial charge >= 0.3 is 0 Å². The van der Waals surface area contributed by atoms with Crippen LogP contribution in [-0.4, -0.2) is 36.4 Å². The summed E-state index contributed by atoms with van der Waals surface area (Å²) < 4.78 is 0. The lowest BCUT2D eigenvalue weighted by Crippen LogP contribution is -3.11. The normalized spacial score (nSPS) is 15.4. The van der Waals surface area contributed by atoms with Gasteiger partial charge in [-0.2, -0.15) is 0 Å². The molecule has 1 aromatic heterocycles. The number of aryl methyl sites for hydroxylation is 1. The standard InChI is InChI=1S/C12H18N4O2S/c1-9-8-19-12(13-9)6-10(17)14-15-11(18)7-16-4-2-3-5-16/h8H,2-7H2,1H3,(H,14,17)(H,15,18)/p+1. The van der Waals surface area contributed by atoms with Crippen molar-refractivity contribution in [2.45, 2.75) is 26.2 Å². The third kappa shape index (κ3) is 4.60. The van der Waals surface area contributed by atoms with Crippen LogP contribution in [0.1, 0.15) is 23.5 Å². The molecule has 0 aliphatic carbocycles. The van der Waals surface area contributed by atoms with E-state index in [0.29, 0.717) is 6.54 Å². The number of nitrogens with zero attached hydrogens (tertiary/aromatic N) is 1. The number of carbonyl (C=O) groups is 2. The van der Waals surface area contributed by atoms with Gasteiger partial charge in [0.25, 0.3) is 5.91 Å². The van der Waals surface area contributed by atoms with Gasteiger partial charge in [0.05, 0.1) is 19.5 Å². The molecule has 0 aromatic carbocycles. The van der Waals surface area contributed by atoms with E-state index in [1.165, 1.54) is 29.1 Å². The Bertz CT molecular complexity index is 454. The highest BCUT2D eigenvalue weighted by atomic mass is 32.1. The molecule has 0 radical (unpaired) electrons. The van der Waals surface area contributed by atoms with Crippen molar-refractivity contribution in [1.29, 1.82) is 0 Å². The molecular formula is C12H19N4O2S+. The second-order valence-electron chi connectivity index (χ2n) is 4.79. The molecule has 7 heteroatoms.